The van der Waals surface area contributed by atoms with Gasteiger partial charge in [0.25, 0.3) is 0 Å². The molecule has 0 saturated heterocycles. The van der Waals surface area contributed by atoms with Gasteiger partial charge in [-0.2, -0.15) is 0 Å². The van der Waals surface area contributed by atoms with Gasteiger partial charge in [0.2, 0.25) is 0 Å². The minimum absolute atomic E-state index is 0.161. The summed E-state index contributed by atoms with van der Waals surface area (Å²) in [4.78, 5) is 0. The molecule has 31 heavy (non-hydrogen) atoms. The van der Waals surface area contributed by atoms with Crippen LogP contribution in [0.15, 0.2) is 72.8 Å². The molecule has 0 N–H and O–H groups in total. The van der Waals surface area contributed by atoms with Crippen LogP contribution in [-0.2, 0) is 0 Å². The van der Waals surface area contributed by atoms with E-state index in [0.717, 1.165) is 17.2 Å². The van der Waals surface area contributed by atoms with Gasteiger partial charge in [-0.05, 0) is 102 Å². The summed E-state index contributed by atoms with van der Waals surface area (Å²) in [6.07, 6.45) is 0.484. The molecular formula is C27H33O3P. The Balaban J connectivity index is 1.95. The van der Waals surface area contributed by atoms with Crippen LogP contribution in [0.2, 0.25) is 0 Å². The Labute approximate surface area is 188 Å². The zero-order valence-electron chi connectivity index (χ0n) is 19.3. The maximum atomic E-state index is 5.84. The molecule has 3 rings (SSSR count). The number of benzene rings is 3. The molecule has 3 aromatic carbocycles. The van der Waals surface area contributed by atoms with E-state index in [2.05, 4.69) is 72.8 Å². The van der Waals surface area contributed by atoms with Gasteiger partial charge in [-0.15, -0.1) is 0 Å². The second-order valence-electron chi connectivity index (χ2n) is 8.32. The van der Waals surface area contributed by atoms with E-state index in [1.807, 2.05) is 41.5 Å². The van der Waals surface area contributed by atoms with Crippen LogP contribution in [0.1, 0.15) is 41.5 Å². The topological polar surface area (TPSA) is 27.7 Å². The maximum absolute atomic E-state index is 5.84. The summed E-state index contributed by atoms with van der Waals surface area (Å²) in [5.41, 5.74) is 0. The summed E-state index contributed by atoms with van der Waals surface area (Å²) in [6, 6.07) is 25.5. The molecule has 0 aliphatic carbocycles. The molecule has 0 aromatic heterocycles. The Kier molecular flexibility index (Phi) is 7.98. The molecule has 0 aliphatic rings. The first kappa shape index (κ1) is 23.2. The van der Waals surface area contributed by atoms with E-state index in [4.69, 9.17) is 14.2 Å². The lowest BCUT2D eigenvalue weighted by molar-refractivity contribution is 0.242. The van der Waals surface area contributed by atoms with Crippen LogP contribution in [0.3, 0.4) is 0 Å². The van der Waals surface area contributed by atoms with Crippen LogP contribution in [0, 0.1) is 0 Å². The van der Waals surface area contributed by atoms with E-state index in [1.54, 1.807) is 0 Å². The number of hydrogen-bond acceptors (Lipinski definition) is 3. The molecule has 0 spiro atoms. The van der Waals surface area contributed by atoms with Crippen LogP contribution in [0.25, 0.3) is 0 Å². The highest BCUT2D eigenvalue weighted by Crippen LogP contribution is 2.34. The van der Waals surface area contributed by atoms with Crippen molar-refractivity contribution in [2.45, 2.75) is 59.9 Å². The van der Waals surface area contributed by atoms with Gasteiger partial charge in [0.15, 0.2) is 0 Å². The van der Waals surface area contributed by atoms with Crippen molar-refractivity contribution in [2.75, 3.05) is 0 Å². The summed E-state index contributed by atoms with van der Waals surface area (Å²) in [5, 5.41) is 3.84. The van der Waals surface area contributed by atoms with Crippen LogP contribution in [0.5, 0.6) is 17.2 Å². The van der Waals surface area contributed by atoms with E-state index in [-0.39, 0.29) is 18.3 Å². The van der Waals surface area contributed by atoms with Crippen molar-refractivity contribution in [3.63, 3.8) is 0 Å². The van der Waals surface area contributed by atoms with Gasteiger partial charge in [0, 0.05) is 0 Å². The molecule has 4 heteroatoms. The molecular weight excluding hydrogens is 403 g/mol. The lowest BCUT2D eigenvalue weighted by atomic mass is 10.3. The molecule has 0 unspecified atom stereocenters. The Morgan fingerprint density at radius 3 is 0.839 bits per heavy atom. The summed E-state index contributed by atoms with van der Waals surface area (Å²) in [5.74, 6) is 2.69. The van der Waals surface area contributed by atoms with Crippen molar-refractivity contribution in [3.05, 3.63) is 72.8 Å². The minimum atomic E-state index is -0.711. The summed E-state index contributed by atoms with van der Waals surface area (Å²) in [6.45, 7) is 12.3. The molecule has 0 saturated carbocycles. The lowest BCUT2D eigenvalue weighted by Crippen LogP contribution is -2.21. The third-order valence-electron chi connectivity index (χ3n) is 4.40. The first-order chi connectivity index (χ1) is 14.8. The highest BCUT2D eigenvalue weighted by atomic mass is 31.1. The largest absolute Gasteiger partial charge is 0.491 e. The smallest absolute Gasteiger partial charge is 0.119 e. The van der Waals surface area contributed by atoms with Crippen molar-refractivity contribution in [2.24, 2.45) is 0 Å². The summed E-state index contributed by atoms with van der Waals surface area (Å²) >= 11 is 0. The predicted octanol–water partition coefficient (Wildman–Crippen LogP) is 5.81. The zero-order valence-corrected chi connectivity index (χ0v) is 20.2. The third-order valence-corrected chi connectivity index (χ3v) is 6.84. The van der Waals surface area contributed by atoms with Gasteiger partial charge in [-0.3, -0.25) is 0 Å². The first-order valence-electron chi connectivity index (χ1n) is 10.9. The normalized spacial score (nSPS) is 11.4. The number of rotatable bonds is 9. The van der Waals surface area contributed by atoms with Crippen molar-refractivity contribution in [3.8, 4) is 17.2 Å². The summed E-state index contributed by atoms with van der Waals surface area (Å²) in [7, 11) is -0.711. The average Bonchev–Trinajstić information content (AvgIpc) is 2.71. The SMILES string of the molecule is CC(C)Oc1ccc(P(c2ccc(OC(C)C)cc2)c2ccc(OC(C)C)cc2)cc1. The summed E-state index contributed by atoms with van der Waals surface area (Å²) < 4.78 is 17.5. The van der Waals surface area contributed by atoms with E-state index in [1.165, 1.54) is 15.9 Å². The monoisotopic (exact) mass is 436 g/mol. The van der Waals surface area contributed by atoms with E-state index in [9.17, 15) is 0 Å². The van der Waals surface area contributed by atoms with Gasteiger partial charge in [-0.1, -0.05) is 36.4 Å². The number of hydrogen-bond donors (Lipinski definition) is 0. The maximum Gasteiger partial charge on any atom is 0.119 e. The fourth-order valence-electron chi connectivity index (χ4n) is 3.29. The zero-order chi connectivity index (χ0) is 22.4. The Hall–Kier alpha value is -2.51. The molecule has 0 bridgehead atoms. The molecule has 0 atom stereocenters. The highest BCUT2D eigenvalue weighted by molar-refractivity contribution is 7.79. The lowest BCUT2D eigenvalue weighted by Gasteiger charge is -2.21. The van der Waals surface area contributed by atoms with Crippen LogP contribution >= 0.6 is 7.92 Å². The van der Waals surface area contributed by atoms with Crippen LogP contribution in [-0.4, -0.2) is 18.3 Å². The van der Waals surface area contributed by atoms with Crippen molar-refractivity contribution in [1.82, 2.24) is 0 Å². The van der Waals surface area contributed by atoms with Crippen LogP contribution < -0.4 is 30.1 Å². The molecule has 3 aromatic rings. The molecule has 0 fully saturated rings. The quantitative estimate of drug-likeness (QED) is 0.397. The van der Waals surface area contributed by atoms with Crippen LogP contribution in [0.4, 0.5) is 0 Å². The van der Waals surface area contributed by atoms with E-state index < -0.39 is 7.92 Å². The Morgan fingerprint density at radius 2 is 0.645 bits per heavy atom. The van der Waals surface area contributed by atoms with Gasteiger partial charge in [0.05, 0.1) is 18.3 Å². The van der Waals surface area contributed by atoms with E-state index in [0.29, 0.717) is 0 Å². The molecule has 0 amide bonds. The molecule has 0 aliphatic heterocycles. The second kappa shape index (κ2) is 10.7. The molecule has 0 radical (unpaired) electrons. The van der Waals surface area contributed by atoms with Gasteiger partial charge >= 0.3 is 0 Å². The van der Waals surface area contributed by atoms with Crippen molar-refractivity contribution < 1.29 is 14.2 Å². The predicted molar refractivity (Wildman–Crippen MR) is 132 cm³/mol. The standard InChI is InChI=1S/C27H33O3P/c1-19(2)28-22-7-13-25(14-8-22)31(26-15-9-23(10-16-26)29-20(3)4)27-17-11-24(12-18-27)30-21(5)6/h7-21H,1-6H3. The Bertz CT molecular complexity index is 803. The second-order valence-corrected chi connectivity index (χ2v) is 10.5. The van der Waals surface area contributed by atoms with E-state index >= 15 is 0 Å². The average molecular weight is 437 g/mol. The van der Waals surface area contributed by atoms with Gasteiger partial charge < -0.3 is 14.2 Å². The third kappa shape index (κ3) is 6.74. The first-order valence-corrected chi connectivity index (χ1v) is 12.3. The minimum Gasteiger partial charge on any atom is -0.491 e. The van der Waals surface area contributed by atoms with Gasteiger partial charge in [-0.25, -0.2) is 0 Å². The highest BCUT2D eigenvalue weighted by Gasteiger charge is 2.17. The fourth-order valence-corrected chi connectivity index (χ4v) is 5.52. The van der Waals surface area contributed by atoms with Crippen molar-refractivity contribution in [1.29, 1.82) is 0 Å². The van der Waals surface area contributed by atoms with Crippen molar-refractivity contribution >= 4 is 23.8 Å². The fraction of sp³-hybridized carbons (Fsp3) is 0.333. The molecule has 0 heterocycles. The molecule has 164 valence electrons. The number of ether oxygens (including phenoxy) is 3. The molecule has 3 nitrogen and oxygen atoms in total. The Morgan fingerprint density at radius 1 is 0.419 bits per heavy atom. The van der Waals surface area contributed by atoms with Gasteiger partial charge in [0.1, 0.15) is 17.2 Å².